The molecular weight excluding hydrogens is 224 g/mol. The molecule has 102 valence electrons. The van der Waals surface area contributed by atoms with E-state index in [0.717, 1.165) is 6.42 Å². The van der Waals surface area contributed by atoms with Gasteiger partial charge in [0.1, 0.15) is 13.2 Å². The summed E-state index contributed by atoms with van der Waals surface area (Å²) in [6, 6.07) is 0. The predicted octanol–water partition coefficient (Wildman–Crippen LogP) is 1.95. The standard InChI is InChI=1S/C12H24O5/c1-5-12(3,4)11(13)15-9-7-14-8-10-17-16-6-2/h5-10H2,1-4H3. The van der Waals surface area contributed by atoms with Crippen LogP contribution >= 0.6 is 0 Å². The first-order valence-corrected chi connectivity index (χ1v) is 6.04. The lowest BCUT2D eigenvalue weighted by Crippen LogP contribution is -2.27. The van der Waals surface area contributed by atoms with E-state index in [1.165, 1.54) is 0 Å². The summed E-state index contributed by atoms with van der Waals surface area (Å²) in [5.41, 5.74) is -0.419. The van der Waals surface area contributed by atoms with Gasteiger partial charge in [0.15, 0.2) is 0 Å². The van der Waals surface area contributed by atoms with Crippen LogP contribution in [0.4, 0.5) is 0 Å². The van der Waals surface area contributed by atoms with Gasteiger partial charge in [-0.05, 0) is 27.2 Å². The van der Waals surface area contributed by atoms with Crippen molar-refractivity contribution in [2.24, 2.45) is 5.41 Å². The molecule has 0 aromatic heterocycles. The van der Waals surface area contributed by atoms with E-state index in [-0.39, 0.29) is 12.6 Å². The lowest BCUT2D eigenvalue weighted by atomic mass is 9.91. The van der Waals surface area contributed by atoms with Crippen molar-refractivity contribution in [3.8, 4) is 0 Å². The fourth-order valence-corrected chi connectivity index (χ4v) is 0.870. The van der Waals surface area contributed by atoms with Crippen molar-refractivity contribution >= 4 is 5.97 Å². The van der Waals surface area contributed by atoms with Crippen LogP contribution in [-0.2, 0) is 24.0 Å². The first kappa shape index (κ1) is 16.4. The Morgan fingerprint density at radius 2 is 1.65 bits per heavy atom. The highest BCUT2D eigenvalue weighted by Crippen LogP contribution is 2.21. The minimum atomic E-state index is -0.419. The highest BCUT2D eigenvalue weighted by molar-refractivity contribution is 5.75. The SMILES string of the molecule is CCOOCCOCCOC(=O)C(C)(C)CC. The quantitative estimate of drug-likeness (QED) is 0.256. The van der Waals surface area contributed by atoms with Gasteiger partial charge in [0.05, 0.1) is 25.2 Å². The molecule has 0 aliphatic heterocycles. The van der Waals surface area contributed by atoms with E-state index in [0.29, 0.717) is 26.4 Å². The Hall–Kier alpha value is -0.650. The summed E-state index contributed by atoms with van der Waals surface area (Å²) in [7, 11) is 0. The van der Waals surface area contributed by atoms with E-state index in [1.807, 2.05) is 27.7 Å². The minimum absolute atomic E-state index is 0.186. The molecule has 0 aliphatic rings. The summed E-state index contributed by atoms with van der Waals surface area (Å²) in [5, 5.41) is 0. The van der Waals surface area contributed by atoms with Crippen molar-refractivity contribution in [3.05, 3.63) is 0 Å². The molecule has 0 aromatic rings. The van der Waals surface area contributed by atoms with Gasteiger partial charge in [-0.3, -0.25) is 4.79 Å². The third-order valence-electron chi connectivity index (χ3n) is 2.41. The van der Waals surface area contributed by atoms with Crippen molar-refractivity contribution in [2.45, 2.75) is 34.1 Å². The molecule has 0 unspecified atom stereocenters. The molecule has 0 atom stereocenters. The Morgan fingerprint density at radius 3 is 2.24 bits per heavy atom. The average Bonchev–Trinajstić information content (AvgIpc) is 2.32. The van der Waals surface area contributed by atoms with Gasteiger partial charge in [-0.15, -0.1) is 0 Å². The van der Waals surface area contributed by atoms with Crippen molar-refractivity contribution in [3.63, 3.8) is 0 Å². The van der Waals surface area contributed by atoms with Gasteiger partial charge in [-0.25, -0.2) is 9.78 Å². The summed E-state index contributed by atoms with van der Waals surface area (Å²) in [6.45, 7) is 9.51. The molecule has 0 aromatic carbocycles. The smallest absolute Gasteiger partial charge is 0.311 e. The van der Waals surface area contributed by atoms with E-state index < -0.39 is 5.41 Å². The maximum absolute atomic E-state index is 11.5. The van der Waals surface area contributed by atoms with Crippen LogP contribution in [0.3, 0.4) is 0 Å². The van der Waals surface area contributed by atoms with Crippen molar-refractivity contribution < 1.29 is 24.0 Å². The van der Waals surface area contributed by atoms with E-state index in [1.54, 1.807) is 0 Å². The van der Waals surface area contributed by atoms with Crippen LogP contribution in [0.15, 0.2) is 0 Å². The topological polar surface area (TPSA) is 54.0 Å². The van der Waals surface area contributed by atoms with Crippen molar-refractivity contribution in [1.82, 2.24) is 0 Å². The first-order chi connectivity index (χ1) is 8.04. The van der Waals surface area contributed by atoms with Gasteiger partial charge in [0, 0.05) is 0 Å². The van der Waals surface area contributed by atoms with Gasteiger partial charge in [0.2, 0.25) is 0 Å². The fourth-order valence-electron chi connectivity index (χ4n) is 0.870. The van der Waals surface area contributed by atoms with Crippen LogP contribution in [0.1, 0.15) is 34.1 Å². The van der Waals surface area contributed by atoms with Crippen molar-refractivity contribution in [1.29, 1.82) is 0 Å². The van der Waals surface area contributed by atoms with Crippen LogP contribution in [0.25, 0.3) is 0 Å². The number of hydrogen-bond acceptors (Lipinski definition) is 5. The van der Waals surface area contributed by atoms with E-state index in [4.69, 9.17) is 14.4 Å². The van der Waals surface area contributed by atoms with Crippen LogP contribution in [-0.4, -0.2) is 39.0 Å². The molecule has 0 heterocycles. The molecule has 0 aliphatic carbocycles. The summed E-state index contributed by atoms with van der Waals surface area (Å²) >= 11 is 0. The first-order valence-electron chi connectivity index (χ1n) is 6.04. The average molecular weight is 248 g/mol. The number of esters is 1. The second kappa shape index (κ2) is 9.39. The molecule has 0 rings (SSSR count). The lowest BCUT2D eigenvalue weighted by Gasteiger charge is -2.20. The monoisotopic (exact) mass is 248 g/mol. The zero-order chi connectivity index (χ0) is 13.1. The van der Waals surface area contributed by atoms with Crippen molar-refractivity contribution in [2.75, 3.05) is 33.0 Å². The zero-order valence-corrected chi connectivity index (χ0v) is 11.3. The number of rotatable bonds is 10. The third-order valence-corrected chi connectivity index (χ3v) is 2.41. The Kier molecular flexibility index (Phi) is 9.03. The Bertz CT molecular complexity index is 203. The second-order valence-electron chi connectivity index (χ2n) is 4.21. The van der Waals surface area contributed by atoms with Gasteiger partial charge in [-0.1, -0.05) is 6.92 Å². The highest BCUT2D eigenvalue weighted by atomic mass is 17.2. The minimum Gasteiger partial charge on any atom is -0.463 e. The maximum atomic E-state index is 11.5. The molecule has 0 N–H and O–H groups in total. The molecule has 5 heteroatoms. The largest absolute Gasteiger partial charge is 0.463 e. The summed E-state index contributed by atoms with van der Waals surface area (Å²) in [6.07, 6.45) is 0.759. The predicted molar refractivity (Wildman–Crippen MR) is 63.4 cm³/mol. The third kappa shape index (κ3) is 8.12. The summed E-state index contributed by atoms with van der Waals surface area (Å²) in [5.74, 6) is -0.186. The lowest BCUT2D eigenvalue weighted by molar-refractivity contribution is -0.296. The molecule has 0 bridgehead atoms. The Morgan fingerprint density at radius 1 is 1.00 bits per heavy atom. The molecule has 17 heavy (non-hydrogen) atoms. The summed E-state index contributed by atoms with van der Waals surface area (Å²) in [4.78, 5) is 21.0. The number of carbonyl (C=O) groups excluding carboxylic acids is 1. The van der Waals surface area contributed by atoms with E-state index >= 15 is 0 Å². The van der Waals surface area contributed by atoms with Gasteiger partial charge < -0.3 is 9.47 Å². The fraction of sp³-hybridized carbons (Fsp3) is 0.917. The maximum Gasteiger partial charge on any atom is 0.311 e. The molecule has 0 saturated heterocycles. The number of hydrogen-bond donors (Lipinski definition) is 0. The van der Waals surface area contributed by atoms with Gasteiger partial charge >= 0.3 is 5.97 Å². The molecule has 5 nitrogen and oxygen atoms in total. The molecule has 0 radical (unpaired) electrons. The van der Waals surface area contributed by atoms with Gasteiger partial charge in [-0.2, -0.15) is 0 Å². The molecule has 0 saturated carbocycles. The molecule has 0 amide bonds. The number of ether oxygens (including phenoxy) is 2. The zero-order valence-electron chi connectivity index (χ0n) is 11.3. The normalized spacial score (nSPS) is 11.5. The molecule has 0 fully saturated rings. The van der Waals surface area contributed by atoms with Crippen LogP contribution in [0, 0.1) is 5.41 Å². The Balaban J connectivity index is 3.37. The second-order valence-corrected chi connectivity index (χ2v) is 4.21. The Labute approximate surface area is 103 Å². The van der Waals surface area contributed by atoms with Crippen LogP contribution in [0.5, 0.6) is 0 Å². The molecule has 0 spiro atoms. The van der Waals surface area contributed by atoms with Gasteiger partial charge in [0.25, 0.3) is 0 Å². The molecular formula is C12H24O5. The van der Waals surface area contributed by atoms with E-state index in [9.17, 15) is 4.79 Å². The van der Waals surface area contributed by atoms with Crippen LogP contribution in [0.2, 0.25) is 0 Å². The van der Waals surface area contributed by atoms with E-state index in [2.05, 4.69) is 4.89 Å². The summed E-state index contributed by atoms with van der Waals surface area (Å²) < 4.78 is 10.3. The number of carbonyl (C=O) groups is 1. The highest BCUT2D eigenvalue weighted by Gasteiger charge is 2.26. The van der Waals surface area contributed by atoms with Crippen LogP contribution < -0.4 is 0 Å².